The molecule has 0 nitrogen and oxygen atoms in total. The third-order valence-corrected chi connectivity index (χ3v) is 4.02. The van der Waals surface area contributed by atoms with Gasteiger partial charge in [-0.3, -0.25) is 0 Å². The molecule has 0 saturated carbocycles. The van der Waals surface area contributed by atoms with Gasteiger partial charge in [-0.1, -0.05) is 83.6 Å². The maximum absolute atomic E-state index is 3.46. The lowest BCUT2D eigenvalue weighted by molar-refractivity contribution is 0.367. The van der Waals surface area contributed by atoms with Crippen molar-refractivity contribution in [2.75, 3.05) is 0 Å². The third kappa shape index (κ3) is 4.84. The molecular formula is C18H29. The minimum atomic E-state index is 0.339. The van der Waals surface area contributed by atoms with Crippen molar-refractivity contribution < 1.29 is 0 Å². The molecule has 0 bridgehead atoms. The van der Waals surface area contributed by atoms with E-state index in [1.54, 1.807) is 0 Å². The molecule has 0 atom stereocenters. The predicted octanol–water partition coefficient (Wildman–Crippen LogP) is 5.91. The van der Waals surface area contributed by atoms with Gasteiger partial charge < -0.3 is 0 Å². The molecular weight excluding hydrogens is 216 g/mol. The fourth-order valence-corrected chi connectivity index (χ4v) is 2.69. The van der Waals surface area contributed by atoms with E-state index in [2.05, 4.69) is 51.1 Å². The first-order valence-electron chi connectivity index (χ1n) is 7.70. The van der Waals surface area contributed by atoms with Crippen molar-refractivity contribution in [2.24, 2.45) is 0 Å². The van der Waals surface area contributed by atoms with Crippen molar-refractivity contribution in [1.29, 1.82) is 0 Å². The Kier molecular flexibility index (Phi) is 7.08. The zero-order valence-corrected chi connectivity index (χ0v) is 12.5. The van der Waals surface area contributed by atoms with Gasteiger partial charge in [0.15, 0.2) is 0 Å². The van der Waals surface area contributed by atoms with Crippen LogP contribution in [0.4, 0.5) is 0 Å². The minimum absolute atomic E-state index is 0.339. The zero-order valence-electron chi connectivity index (χ0n) is 12.5. The molecule has 0 heterocycles. The van der Waals surface area contributed by atoms with E-state index in [1.165, 1.54) is 56.9 Å². The molecule has 0 unspecified atom stereocenters. The molecule has 101 valence electrons. The Morgan fingerprint density at radius 1 is 0.944 bits per heavy atom. The topological polar surface area (TPSA) is 0 Å². The molecule has 18 heavy (non-hydrogen) atoms. The Hall–Kier alpha value is -0.780. The highest BCUT2D eigenvalue weighted by atomic mass is 14.3. The van der Waals surface area contributed by atoms with Crippen LogP contribution in [0.3, 0.4) is 0 Å². The van der Waals surface area contributed by atoms with Gasteiger partial charge in [-0.2, -0.15) is 0 Å². The van der Waals surface area contributed by atoms with Crippen LogP contribution in [0.1, 0.15) is 77.7 Å². The summed E-state index contributed by atoms with van der Waals surface area (Å²) in [6.45, 7) is 7.00. The molecule has 1 radical (unpaired) electrons. The Morgan fingerprint density at radius 3 is 2.00 bits per heavy atom. The molecule has 0 saturated heterocycles. The van der Waals surface area contributed by atoms with Crippen LogP contribution in [0.15, 0.2) is 24.3 Å². The van der Waals surface area contributed by atoms with Gasteiger partial charge in [0.2, 0.25) is 0 Å². The fourth-order valence-electron chi connectivity index (χ4n) is 2.69. The molecule has 1 rings (SSSR count). The Labute approximate surface area is 114 Å². The summed E-state index contributed by atoms with van der Waals surface area (Å²) >= 11 is 0. The highest BCUT2D eigenvalue weighted by Crippen LogP contribution is 2.34. The largest absolute Gasteiger partial charge is 0.0654 e. The molecule has 0 aliphatic rings. The lowest BCUT2D eigenvalue weighted by Crippen LogP contribution is -2.22. The van der Waals surface area contributed by atoms with Gasteiger partial charge in [0.05, 0.1) is 0 Å². The van der Waals surface area contributed by atoms with Crippen molar-refractivity contribution in [1.82, 2.24) is 0 Å². The smallest absolute Gasteiger partial charge is 0.00691 e. The molecule has 0 aliphatic heterocycles. The summed E-state index contributed by atoms with van der Waals surface area (Å²) in [4.78, 5) is 0. The molecule has 0 aliphatic carbocycles. The van der Waals surface area contributed by atoms with Gasteiger partial charge in [0, 0.05) is 0 Å². The van der Waals surface area contributed by atoms with Crippen molar-refractivity contribution in [3.8, 4) is 0 Å². The van der Waals surface area contributed by atoms with E-state index in [0.29, 0.717) is 5.41 Å². The fraction of sp³-hybridized carbons (Fsp3) is 0.667. The molecule has 0 amide bonds. The van der Waals surface area contributed by atoms with Gasteiger partial charge in [0.25, 0.3) is 0 Å². The lowest BCUT2D eigenvalue weighted by Gasteiger charge is -2.30. The molecule has 0 heteroatoms. The van der Waals surface area contributed by atoms with Crippen molar-refractivity contribution >= 4 is 0 Å². The highest BCUT2D eigenvalue weighted by molar-refractivity contribution is 5.23. The standard InChI is InChI=1S/C18H29/c1-4-6-11-15-18(3,16-12-7-5-2)17-13-9-8-10-14-17/h8-10,13H,4-7,11-12,15-16H2,1-3H3. The number of unbranched alkanes of at least 4 members (excludes halogenated alkanes) is 4. The van der Waals surface area contributed by atoms with E-state index in [-0.39, 0.29) is 0 Å². The number of benzene rings is 1. The van der Waals surface area contributed by atoms with Gasteiger partial charge in [0.1, 0.15) is 0 Å². The minimum Gasteiger partial charge on any atom is -0.0654 e. The molecule has 1 aromatic carbocycles. The second-order valence-corrected chi connectivity index (χ2v) is 5.75. The highest BCUT2D eigenvalue weighted by Gasteiger charge is 2.25. The first kappa shape index (κ1) is 15.3. The summed E-state index contributed by atoms with van der Waals surface area (Å²) < 4.78 is 0. The average Bonchev–Trinajstić information content (AvgIpc) is 2.40. The quantitative estimate of drug-likeness (QED) is 0.475. The molecule has 0 N–H and O–H groups in total. The van der Waals surface area contributed by atoms with E-state index in [1.807, 2.05) is 0 Å². The van der Waals surface area contributed by atoms with Gasteiger partial charge in [-0.15, -0.1) is 0 Å². The van der Waals surface area contributed by atoms with Crippen LogP contribution >= 0.6 is 0 Å². The first-order chi connectivity index (χ1) is 8.73. The number of rotatable bonds is 9. The number of hydrogen-bond acceptors (Lipinski definition) is 0. The summed E-state index contributed by atoms with van der Waals surface area (Å²) in [7, 11) is 0. The number of hydrogen-bond donors (Lipinski definition) is 0. The van der Waals surface area contributed by atoms with Crippen LogP contribution in [-0.2, 0) is 5.41 Å². The lowest BCUT2D eigenvalue weighted by atomic mass is 9.74. The predicted molar refractivity (Wildman–Crippen MR) is 80.9 cm³/mol. The van der Waals surface area contributed by atoms with E-state index < -0.39 is 0 Å². The molecule has 0 spiro atoms. The second-order valence-electron chi connectivity index (χ2n) is 5.75. The average molecular weight is 245 g/mol. The van der Waals surface area contributed by atoms with Gasteiger partial charge in [-0.05, 0) is 29.9 Å². The SMILES string of the molecule is CCCCCC(C)(CCCCC)c1[c]cccc1. The summed E-state index contributed by atoms with van der Waals surface area (Å²) in [6, 6.07) is 12.0. The van der Waals surface area contributed by atoms with Crippen molar-refractivity contribution in [2.45, 2.75) is 77.6 Å². The molecule has 1 aromatic rings. The van der Waals surface area contributed by atoms with Crippen molar-refractivity contribution in [3.05, 3.63) is 35.9 Å². The molecule has 0 fully saturated rings. The van der Waals surface area contributed by atoms with Crippen LogP contribution in [0.25, 0.3) is 0 Å². The second kappa shape index (κ2) is 8.34. The van der Waals surface area contributed by atoms with Gasteiger partial charge >= 0.3 is 0 Å². The Balaban J connectivity index is 2.67. The zero-order chi connectivity index (χ0) is 13.3. The molecule has 0 aromatic heterocycles. The van der Waals surface area contributed by atoms with Crippen LogP contribution in [0, 0.1) is 6.07 Å². The summed E-state index contributed by atoms with van der Waals surface area (Å²) in [5.41, 5.74) is 1.75. The van der Waals surface area contributed by atoms with E-state index in [0.717, 1.165) is 0 Å². The van der Waals surface area contributed by atoms with E-state index >= 15 is 0 Å². The van der Waals surface area contributed by atoms with Crippen LogP contribution < -0.4 is 0 Å². The van der Waals surface area contributed by atoms with Crippen molar-refractivity contribution in [3.63, 3.8) is 0 Å². The maximum Gasteiger partial charge on any atom is -0.00691 e. The monoisotopic (exact) mass is 245 g/mol. The van der Waals surface area contributed by atoms with Crippen LogP contribution in [-0.4, -0.2) is 0 Å². The Bertz CT molecular complexity index is 289. The van der Waals surface area contributed by atoms with Crippen LogP contribution in [0.5, 0.6) is 0 Å². The van der Waals surface area contributed by atoms with E-state index in [4.69, 9.17) is 0 Å². The summed E-state index contributed by atoms with van der Waals surface area (Å²) in [5.74, 6) is 0. The first-order valence-corrected chi connectivity index (χ1v) is 7.70. The normalized spacial score (nSPS) is 11.7. The third-order valence-electron chi connectivity index (χ3n) is 4.02. The summed E-state index contributed by atoms with van der Waals surface area (Å²) in [6.07, 6.45) is 10.7. The van der Waals surface area contributed by atoms with E-state index in [9.17, 15) is 0 Å². The van der Waals surface area contributed by atoms with Crippen LogP contribution in [0.2, 0.25) is 0 Å². The van der Waals surface area contributed by atoms with Gasteiger partial charge in [-0.25, -0.2) is 0 Å². The maximum atomic E-state index is 3.46. The summed E-state index contributed by atoms with van der Waals surface area (Å²) in [5, 5.41) is 0. The Morgan fingerprint density at radius 2 is 1.56 bits per heavy atom.